The summed E-state index contributed by atoms with van der Waals surface area (Å²) in [4.78, 5) is 37.8. The van der Waals surface area contributed by atoms with Crippen LogP contribution in [-0.2, 0) is 9.59 Å². The smallest absolute Gasteiger partial charge is 0.238 e. The molecular formula is C19H19N7O3. The second-order valence-corrected chi connectivity index (χ2v) is 6.74. The van der Waals surface area contributed by atoms with E-state index in [1.165, 1.54) is 6.92 Å². The third kappa shape index (κ3) is 4.61. The van der Waals surface area contributed by atoms with Crippen LogP contribution in [0, 0.1) is 0 Å². The summed E-state index contributed by atoms with van der Waals surface area (Å²) in [7, 11) is 0. The molecule has 1 aliphatic heterocycles. The molecule has 1 saturated heterocycles. The lowest BCUT2D eigenvalue weighted by Crippen LogP contribution is -2.48. The van der Waals surface area contributed by atoms with Gasteiger partial charge in [0.05, 0.1) is 18.7 Å². The average Bonchev–Trinajstić information content (AvgIpc) is 3.16. The topological polar surface area (TPSA) is 126 Å². The number of carbonyl (C=O) groups is 2. The number of nitrogens with one attached hydrogen (secondary N) is 2. The van der Waals surface area contributed by atoms with E-state index in [2.05, 4.69) is 30.7 Å². The number of hydrogen-bond acceptors (Lipinski definition) is 8. The molecule has 148 valence electrons. The fraction of sp³-hybridized carbons (Fsp3) is 0.263. The van der Waals surface area contributed by atoms with Crippen molar-refractivity contribution in [2.24, 2.45) is 0 Å². The predicted molar refractivity (Wildman–Crippen MR) is 104 cm³/mol. The molecule has 0 saturated carbocycles. The monoisotopic (exact) mass is 393 g/mol. The average molecular weight is 393 g/mol. The lowest BCUT2D eigenvalue weighted by molar-refractivity contribution is -0.118. The number of nitrogens with zero attached hydrogens (tertiary/aromatic N) is 5. The molecule has 1 aromatic carbocycles. The number of benzene rings is 1. The summed E-state index contributed by atoms with van der Waals surface area (Å²) in [5, 5.41) is 9.47. The van der Waals surface area contributed by atoms with Gasteiger partial charge in [0.15, 0.2) is 0 Å². The van der Waals surface area contributed by atoms with E-state index in [1.54, 1.807) is 42.9 Å². The highest BCUT2D eigenvalue weighted by Crippen LogP contribution is 2.26. The first-order valence-electron chi connectivity index (χ1n) is 9.06. The molecular weight excluding hydrogens is 374 g/mol. The molecule has 3 heterocycles. The van der Waals surface area contributed by atoms with Crippen LogP contribution in [0.25, 0.3) is 11.5 Å². The summed E-state index contributed by atoms with van der Waals surface area (Å²) in [5.41, 5.74) is 1.91. The third-order valence-corrected chi connectivity index (χ3v) is 4.40. The summed E-state index contributed by atoms with van der Waals surface area (Å²) in [5.74, 6) is 0.793. The Balaban J connectivity index is 1.25. The van der Waals surface area contributed by atoms with Gasteiger partial charge >= 0.3 is 0 Å². The maximum atomic E-state index is 12.2. The predicted octanol–water partition coefficient (Wildman–Crippen LogP) is 1.52. The van der Waals surface area contributed by atoms with Gasteiger partial charge in [0.25, 0.3) is 0 Å². The lowest BCUT2D eigenvalue weighted by atomic mass is 10.0. The number of amides is 2. The zero-order chi connectivity index (χ0) is 20.2. The maximum Gasteiger partial charge on any atom is 0.238 e. The van der Waals surface area contributed by atoms with Crippen LogP contribution in [-0.4, -0.2) is 56.5 Å². The van der Waals surface area contributed by atoms with E-state index in [9.17, 15) is 9.59 Å². The minimum absolute atomic E-state index is 0.0951. The van der Waals surface area contributed by atoms with Crippen molar-refractivity contribution in [3.05, 3.63) is 48.7 Å². The van der Waals surface area contributed by atoms with Crippen molar-refractivity contribution in [3.8, 4) is 11.5 Å². The molecule has 0 bridgehead atoms. The number of likely N-dealkylation sites (tertiary alicyclic amines) is 1. The van der Waals surface area contributed by atoms with E-state index >= 15 is 0 Å². The van der Waals surface area contributed by atoms with Gasteiger partial charge in [-0.25, -0.2) is 4.98 Å². The molecule has 0 atom stereocenters. The van der Waals surface area contributed by atoms with Gasteiger partial charge in [-0.05, 0) is 24.3 Å². The number of carbonyl (C=O) groups excluding carboxylic acids is 2. The molecule has 10 nitrogen and oxygen atoms in total. The molecule has 2 aromatic heterocycles. The Hall–Kier alpha value is -3.66. The summed E-state index contributed by atoms with van der Waals surface area (Å²) < 4.78 is 5.32. The molecule has 0 spiro atoms. The summed E-state index contributed by atoms with van der Waals surface area (Å²) in [6.07, 6.45) is 4.73. The summed E-state index contributed by atoms with van der Waals surface area (Å²) in [6, 6.07) is 6.96. The molecule has 0 unspecified atom stereocenters. The minimum Gasteiger partial charge on any atom is -0.339 e. The Labute approximate surface area is 166 Å². The van der Waals surface area contributed by atoms with Crippen LogP contribution in [0.1, 0.15) is 18.7 Å². The Morgan fingerprint density at radius 3 is 2.52 bits per heavy atom. The Morgan fingerprint density at radius 2 is 1.86 bits per heavy atom. The van der Waals surface area contributed by atoms with Crippen molar-refractivity contribution in [2.45, 2.75) is 12.8 Å². The fourth-order valence-electron chi connectivity index (χ4n) is 3.02. The number of anilines is 2. The van der Waals surface area contributed by atoms with Gasteiger partial charge in [-0.2, -0.15) is 4.98 Å². The van der Waals surface area contributed by atoms with E-state index in [0.29, 0.717) is 41.9 Å². The van der Waals surface area contributed by atoms with Gasteiger partial charge in [0, 0.05) is 43.8 Å². The second-order valence-electron chi connectivity index (χ2n) is 6.74. The summed E-state index contributed by atoms with van der Waals surface area (Å²) >= 11 is 0. The highest BCUT2D eigenvalue weighted by molar-refractivity contribution is 5.93. The quantitative estimate of drug-likeness (QED) is 0.646. The van der Waals surface area contributed by atoms with Crippen molar-refractivity contribution < 1.29 is 14.1 Å². The second kappa shape index (κ2) is 8.15. The molecule has 0 aliphatic carbocycles. The van der Waals surface area contributed by atoms with Crippen LogP contribution in [0.4, 0.5) is 11.4 Å². The van der Waals surface area contributed by atoms with Gasteiger partial charge in [-0.1, -0.05) is 5.16 Å². The van der Waals surface area contributed by atoms with Crippen molar-refractivity contribution in [3.63, 3.8) is 0 Å². The first kappa shape index (κ1) is 18.7. The van der Waals surface area contributed by atoms with Gasteiger partial charge in [0.2, 0.25) is 23.5 Å². The van der Waals surface area contributed by atoms with Crippen molar-refractivity contribution in [1.82, 2.24) is 25.0 Å². The molecule has 0 radical (unpaired) electrons. The van der Waals surface area contributed by atoms with Crippen LogP contribution < -0.4 is 10.6 Å². The fourth-order valence-corrected chi connectivity index (χ4v) is 3.02. The molecule has 1 aliphatic rings. The molecule has 10 heteroatoms. The van der Waals surface area contributed by atoms with E-state index in [0.717, 1.165) is 0 Å². The lowest BCUT2D eigenvalue weighted by Gasteiger charge is -2.36. The van der Waals surface area contributed by atoms with E-state index in [4.69, 9.17) is 4.52 Å². The van der Waals surface area contributed by atoms with Crippen LogP contribution in [0.2, 0.25) is 0 Å². The standard InChI is InChI=1S/C19H19N7O3/c1-12(27)22-14-2-4-15(5-3-14)23-17(28)11-26-9-13(10-26)19-24-18(25-29-19)16-8-20-6-7-21-16/h2-8,13H,9-11H2,1H3,(H,22,27)(H,23,28). The van der Waals surface area contributed by atoms with E-state index in [-0.39, 0.29) is 24.3 Å². The zero-order valence-corrected chi connectivity index (χ0v) is 15.7. The van der Waals surface area contributed by atoms with Crippen molar-refractivity contribution in [1.29, 1.82) is 0 Å². The van der Waals surface area contributed by atoms with Crippen LogP contribution in [0.15, 0.2) is 47.4 Å². The van der Waals surface area contributed by atoms with Gasteiger partial charge in [-0.3, -0.25) is 19.5 Å². The first-order valence-corrected chi connectivity index (χ1v) is 9.06. The highest BCUT2D eigenvalue weighted by Gasteiger charge is 2.33. The number of rotatable bonds is 6. The Morgan fingerprint density at radius 1 is 1.14 bits per heavy atom. The first-order chi connectivity index (χ1) is 14.1. The molecule has 4 rings (SSSR count). The maximum absolute atomic E-state index is 12.2. The van der Waals surface area contributed by atoms with Crippen LogP contribution in [0.3, 0.4) is 0 Å². The molecule has 3 aromatic rings. The normalized spacial score (nSPS) is 14.2. The number of hydrogen-bond donors (Lipinski definition) is 2. The van der Waals surface area contributed by atoms with Crippen LogP contribution in [0.5, 0.6) is 0 Å². The highest BCUT2D eigenvalue weighted by atomic mass is 16.5. The molecule has 2 amide bonds. The molecule has 2 N–H and O–H groups in total. The Bertz CT molecular complexity index is 998. The third-order valence-electron chi connectivity index (χ3n) is 4.40. The SMILES string of the molecule is CC(=O)Nc1ccc(NC(=O)CN2CC(c3nc(-c4cnccn4)no3)C2)cc1. The Kier molecular flexibility index (Phi) is 5.25. The molecule has 29 heavy (non-hydrogen) atoms. The van der Waals surface area contributed by atoms with E-state index in [1.807, 2.05) is 4.90 Å². The largest absolute Gasteiger partial charge is 0.339 e. The summed E-state index contributed by atoms with van der Waals surface area (Å²) in [6.45, 7) is 3.05. The van der Waals surface area contributed by atoms with Gasteiger partial charge in [-0.15, -0.1) is 0 Å². The van der Waals surface area contributed by atoms with Crippen molar-refractivity contribution >= 4 is 23.2 Å². The van der Waals surface area contributed by atoms with E-state index < -0.39 is 0 Å². The zero-order valence-electron chi connectivity index (χ0n) is 15.7. The van der Waals surface area contributed by atoms with Crippen molar-refractivity contribution in [2.75, 3.05) is 30.3 Å². The van der Waals surface area contributed by atoms with Crippen LogP contribution >= 0.6 is 0 Å². The molecule has 1 fully saturated rings. The minimum atomic E-state index is -0.140. The number of aromatic nitrogens is 4. The van der Waals surface area contributed by atoms with Gasteiger partial charge in [0.1, 0.15) is 5.69 Å². The van der Waals surface area contributed by atoms with Gasteiger partial charge < -0.3 is 15.2 Å².